The third-order valence-corrected chi connectivity index (χ3v) is 4.40. The molecule has 0 aromatic heterocycles. The largest absolute Gasteiger partial charge is 0.507 e. The quantitative estimate of drug-likeness (QED) is 0.715. The summed E-state index contributed by atoms with van der Waals surface area (Å²) in [5.41, 5.74) is -3.42. The van der Waals surface area contributed by atoms with E-state index in [4.69, 9.17) is 21.2 Å². The van der Waals surface area contributed by atoms with Gasteiger partial charge in [-0.3, -0.25) is 0 Å². The summed E-state index contributed by atoms with van der Waals surface area (Å²) in [6.45, 7) is -3.28. The van der Waals surface area contributed by atoms with Crippen LogP contribution in [0.1, 0.15) is 93.1 Å². The van der Waals surface area contributed by atoms with Crippen molar-refractivity contribution in [3.05, 3.63) is 34.9 Å². The van der Waals surface area contributed by atoms with Gasteiger partial charge in [-0.25, -0.2) is 0 Å². The fourth-order valence-electron chi connectivity index (χ4n) is 3.13. The minimum Gasteiger partial charge on any atom is -0.507 e. The van der Waals surface area contributed by atoms with Crippen LogP contribution < -0.4 is 4.74 Å². The van der Waals surface area contributed by atoms with E-state index in [9.17, 15) is 5.11 Å². The molecule has 0 saturated carbocycles. The molecule has 0 saturated heterocycles. The maximum Gasteiger partial charge on any atom is 0.127 e. The van der Waals surface area contributed by atoms with E-state index in [-0.39, 0.29) is 17.6 Å². The van der Waals surface area contributed by atoms with Crippen LogP contribution in [-0.4, -0.2) is 10.7 Å². The number of allylic oxidation sites excluding steroid dienone is 2. The molecule has 1 aliphatic carbocycles. The number of hydrogen-bond donors (Lipinski definition) is 1. The maximum atomic E-state index is 11.0. The number of aromatic hydroxyl groups is 1. The molecule has 1 aliphatic heterocycles. The summed E-state index contributed by atoms with van der Waals surface area (Å²) >= 11 is 0. The van der Waals surface area contributed by atoms with E-state index in [1.807, 2.05) is 6.92 Å². The number of hydrogen-bond acceptors (Lipinski definition) is 2. The highest BCUT2D eigenvalue weighted by Crippen LogP contribution is 2.53. The lowest BCUT2D eigenvalue weighted by molar-refractivity contribution is 0.0107. The summed E-state index contributed by atoms with van der Waals surface area (Å²) in [7, 11) is 0. The average molecular weight is 327 g/mol. The standard InChI is InChI=1S/C21H30O2/c1-5-6-7-8-15-12-18(22)20-16-11-14(2)9-10-17(16)21(3,4)23-19(20)13-15/h11-13,16-17,22H,5-10H2,1-4H3/t16-,17-/m1/s1/i3D3,4D3,8D2,9D2,12D,13D. The zero-order valence-corrected chi connectivity index (χ0v) is 13.4. The molecule has 0 amide bonds. The van der Waals surface area contributed by atoms with Crippen LogP contribution in [0.25, 0.3) is 0 Å². The summed E-state index contributed by atoms with van der Waals surface area (Å²) in [6.07, 6.45) is -2.51. The molecule has 2 nitrogen and oxygen atoms in total. The normalized spacial score (nSPS) is 36.7. The van der Waals surface area contributed by atoms with E-state index in [2.05, 4.69) is 0 Å². The van der Waals surface area contributed by atoms with Crippen molar-refractivity contribution in [1.82, 2.24) is 0 Å². The van der Waals surface area contributed by atoms with Crippen molar-refractivity contribution in [2.75, 3.05) is 0 Å². The highest BCUT2D eigenvalue weighted by Gasteiger charge is 2.45. The second-order valence-corrected chi connectivity index (χ2v) is 6.20. The summed E-state index contributed by atoms with van der Waals surface area (Å²) in [5, 5.41) is 11.0. The highest BCUT2D eigenvalue weighted by atomic mass is 16.5. The van der Waals surface area contributed by atoms with Gasteiger partial charge in [0.2, 0.25) is 0 Å². The molecule has 0 bridgehead atoms. The average Bonchev–Trinajstić information content (AvgIpc) is 2.68. The van der Waals surface area contributed by atoms with Crippen LogP contribution in [0, 0.1) is 5.92 Å². The van der Waals surface area contributed by atoms with Gasteiger partial charge in [-0.2, -0.15) is 0 Å². The molecule has 2 aliphatic rings. The monoisotopic (exact) mass is 326 g/mol. The Balaban J connectivity index is 2.46. The summed E-state index contributed by atoms with van der Waals surface area (Å²) in [6, 6.07) is -1.33. The summed E-state index contributed by atoms with van der Waals surface area (Å²) < 4.78 is 106. The van der Waals surface area contributed by atoms with Gasteiger partial charge in [0.25, 0.3) is 0 Å². The Morgan fingerprint density at radius 1 is 1.48 bits per heavy atom. The van der Waals surface area contributed by atoms with E-state index in [1.165, 1.54) is 13.0 Å². The highest BCUT2D eigenvalue weighted by molar-refractivity contribution is 5.53. The molecule has 23 heavy (non-hydrogen) atoms. The zero-order valence-electron chi connectivity index (χ0n) is 25.4. The molecule has 0 spiro atoms. The zero-order chi connectivity index (χ0) is 26.9. The Kier molecular flexibility index (Phi) is 1.95. The van der Waals surface area contributed by atoms with Gasteiger partial charge in [0, 0.05) is 31.1 Å². The van der Waals surface area contributed by atoms with Crippen molar-refractivity contribution >= 4 is 0 Å². The maximum absolute atomic E-state index is 11.0. The van der Waals surface area contributed by atoms with Gasteiger partial charge >= 0.3 is 0 Å². The van der Waals surface area contributed by atoms with Crippen molar-refractivity contribution in [2.45, 2.75) is 77.5 Å². The van der Waals surface area contributed by atoms with Crippen molar-refractivity contribution < 1.29 is 26.3 Å². The lowest BCUT2D eigenvalue weighted by atomic mass is 9.68. The molecule has 1 aromatic carbocycles. The van der Waals surface area contributed by atoms with Crippen LogP contribution in [0.2, 0.25) is 0 Å². The fraction of sp³-hybridized carbons (Fsp3) is 0.619. The van der Waals surface area contributed by atoms with Gasteiger partial charge in [-0.15, -0.1) is 0 Å². The first-order chi connectivity index (χ1) is 15.7. The van der Waals surface area contributed by atoms with E-state index in [1.54, 1.807) is 0 Å². The molecule has 1 heterocycles. The van der Waals surface area contributed by atoms with Crippen molar-refractivity contribution in [2.24, 2.45) is 5.92 Å². The van der Waals surface area contributed by atoms with Crippen molar-refractivity contribution in [3.63, 3.8) is 0 Å². The molecular formula is C21H30O2. The molecule has 1 aromatic rings. The summed E-state index contributed by atoms with van der Waals surface area (Å²) in [4.78, 5) is 0. The van der Waals surface area contributed by atoms with Crippen molar-refractivity contribution in [3.8, 4) is 11.5 Å². The van der Waals surface area contributed by atoms with Crippen LogP contribution in [0.5, 0.6) is 11.5 Å². The summed E-state index contributed by atoms with van der Waals surface area (Å²) in [5.74, 6) is -3.97. The van der Waals surface area contributed by atoms with E-state index in [0.29, 0.717) is 12.8 Å². The van der Waals surface area contributed by atoms with Crippen molar-refractivity contribution in [1.29, 1.82) is 0 Å². The van der Waals surface area contributed by atoms with Crippen LogP contribution >= 0.6 is 0 Å². The first-order valence-corrected chi connectivity index (χ1v) is 7.99. The Labute approximate surface area is 157 Å². The van der Waals surface area contributed by atoms with Crippen LogP contribution in [0.3, 0.4) is 0 Å². The number of phenolic OH excluding ortho intramolecular Hbond substituents is 1. The second kappa shape index (κ2) is 6.22. The number of phenols is 1. The molecule has 126 valence electrons. The third-order valence-electron chi connectivity index (χ3n) is 4.40. The predicted molar refractivity (Wildman–Crippen MR) is 95.3 cm³/mol. The molecule has 1 N–H and O–H groups in total. The molecular weight excluding hydrogens is 284 g/mol. The number of unbranched alkanes of at least 4 members (excludes halogenated alkanes) is 1. The van der Waals surface area contributed by atoms with Crippen LogP contribution in [-0.2, 0) is 6.37 Å². The topological polar surface area (TPSA) is 29.5 Å². The molecule has 0 fully saturated rings. The molecule has 2 atom stereocenters. The SMILES string of the molecule is [2H]c1c(O)c2c(c([2H])c1C([2H])([2H])CCCC)OC(C([2H])([2H])[2H])(C([2H])([2H])[2H])[C@@H]1CC([2H])([2H])C(C)=C[C@@H]21. The first-order valence-electron chi connectivity index (χ1n) is 14.0. The molecule has 0 unspecified atom stereocenters. The molecule has 2 heteroatoms. The first kappa shape index (κ1) is 7.21. The van der Waals surface area contributed by atoms with E-state index < -0.39 is 79.5 Å². The third kappa shape index (κ3) is 3.13. The molecule has 3 rings (SSSR count). The minimum atomic E-state index is -3.29. The van der Waals surface area contributed by atoms with E-state index in [0.717, 1.165) is 0 Å². The van der Waals surface area contributed by atoms with Crippen LogP contribution in [0.15, 0.2) is 23.7 Å². The van der Waals surface area contributed by atoms with Gasteiger partial charge in [0.15, 0.2) is 0 Å². The van der Waals surface area contributed by atoms with Gasteiger partial charge in [-0.05, 0) is 63.9 Å². The number of ether oxygens (including phenoxy) is 1. The Hall–Kier alpha value is -1.44. The molecule has 0 radical (unpaired) electrons. The van der Waals surface area contributed by atoms with Gasteiger partial charge < -0.3 is 9.84 Å². The Morgan fingerprint density at radius 2 is 2.30 bits per heavy atom. The van der Waals surface area contributed by atoms with E-state index >= 15 is 0 Å². The van der Waals surface area contributed by atoms with Gasteiger partial charge in [0.1, 0.15) is 17.1 Å². The van der Waals surface area contributed by atoms with Crippen LogP contribution in [0.4, 0.5) is 0 Å². The number of fused-ring (bicyclic) bond motifs is 3. The lowest BCUT2D eigenvalue weighted by Crippen LogP contribution is -2.45. The minimum absolute atomic E-state index is 0.0750. The number of rotatable bonds is 4. The van der Waals surface area contributed by atoms with Gasteiger partial charge in [-0.1, -0.05) is 31.4 Å². The second-order valence-electron chi connectivity index (χ2n) is 6.20. The number of benzene rings is 1. The fourth-order valence-corrected chi connectivity index (χ4v) is 3.13. The Morgan fingerprint density at radius 3 is 3.04 bits per heavy atom. The smallest absolute Gasteiger partial charge is 0.127 e. The Bertz CT molecular complexity index is 1020. The van der Waals surface area contributed by atoms with Gasteiger partial charge in [0.05, 0.1) is 2.74 Å². The lowest BCUT2D eigenvalue weighted by Gasteiger charge is -2.46. The predicted octanol–water partition coefficient (Wildman–Crippen LogP) is 5.74.